The van der Waals surface area contributed by atoms with Crippen LogP contribution in [0.3, 0.4) is 0 Å². The molecule has 2 N–H and O–H groups in total. The van der Waals surface area contributed by atoms with Crippen molar-refractivity contribution in [1.82, 2.24) is 5.32 Å². The number of para-hydroxylation sites is 1. The van der Waals surface area contributed by atoms with Crippen LogP contribution in [0.1, 0.15) is 11.1 Å². The zero-order valence-corrected chi connectivity index (χ0v) is 11.5. The molecule has 0 aliphatic carbocycles. The first-order valence-electron chi connectivity index (χ1n) is 6.51. The minimum Gasteiger partial charge on any atom is -1.00 e. The molecule has 0 saturated heterocycles. The van der Waals surface area contributed by atoms with Gasteiger partial charge in [0.15, 0.2) is 0 Å². The second-order valence-electron chi connectivity index (χ2n) is 4.81. The summed E-state index contributed by atoms with van der Waals surface area (Å²) in [5.41, 5.74) is 4.01. The molecule has 0 fully saturated rings. The maximum absolute atomic E-state index is 3.62. The summed E-state index contributed by atoms with van der Waals surface area (Å²) in [6.45, 7) is 1.92. The van der Waals surface area contributed by atoms with E-state index in [1.54, 1.807) is 0 Å². The molecule has 1 heterocycles. The van der Waals surface area contributed by atoms with Gasteiger partial charge in [-0.3, -0.25) is 0 Å². The molecule has 0 saturated carbocycles. The van der Waals surface area contributed by atoms with E-state index in [1.807, 2.05) is 0 Å². The highest BCUT2D eigenvalue weighted by Crippen LogP contribution is 2.18. The van der Waals surface area contributed by atoms with Gasteiger partial charge in [0.05, 0.1) is 0 Å². The van der Waals surface area contributed by atoms with Crippen LogP contribution in [0.2, 0.25) is 0 Å². The molecular weight excluding hydrogens is 256 g/mol. The van der Waals surface area contributed by atoms with Crippen LogP contribution in [-0.4, -0.2) is 12.6 Å². The fourth-order valence-electron chi connectivity index (χ4n) is 2.45. The third-order valence-electron chi connectivity index (χ3n) is 3.46. The summed E-state index contributed by atoms with van der Waals surface area (Å²) >= 11 is 0. The van der Waals surface area contributed by atoms with E-state index in [4.69, 9.17) is 0 Å². The predicted octanol–water partition coefficient (Wildman–Crippen LogP) is -0.183. The fraction of sp³-hybridized carbons (Fsp3) is 0.250. The lowest BCUT2D eigenvalue weighted by Gasteiger charge is -2.15. The predicted molar refractivity (Wildman–Crippen MR) is 75.7 cm³/mol. The van der Waals surface area contributed by atoms with Crippen molar-refractivity contribution in [3.8, 4) is 0 Å². The molecule has 3 heteroatoms. The van der Waals surface area contributed by atoms with Gasteiger partial charge in [0.1, 0.15) is 0 Å². The van der Waals surface area contributed by atoms with Crippen LogP contribution in [-0.2, 0) is 13.0 Å². The zero-order valence-electron chi connectivity index (χ0n) is 10.8. The second kappa shape index (κ2) is 6.60. The third-order valence-corrected chi connectivity index (χ3v) is 3.46. The lowest BCUT2D eigenvalue weighted by atomic mass is 10.1. The summed E-state index contributed by atoms with van der Waals surface area (Å²) in [7, 11) is 0. The SMILES string of the molecule is [Cl-].c1ccc(CC2CNc3ccccc3CN2)cc1. The molecule has 1 aliphatic rings. The van der Waals surface area contributed by atoms with E-state index in [2.05, 4.69) is 65.2 Å². The summed E-state index contributed by atoms with van der Waals surface area (Å²) in [5.74, 6) is 0. The Kier molecular flexibility index (Phi) is 4.83. The molecule has 2 nitrogen and oxygen atoms in total. The van der Waals surface area contributed by atoms with Gasteiger partial charge < -0.3 is 23.0 Å². The van der Waals surface area contributed by atoms with Gasteiger partial charge in [0.25, 0.3) is 0 Å². The Bertz CT molecular complexity index is 486. The second-order valence-corrected chi connectivity index (χ2v) is 4.81. The molecule has 1 unspecified atom stereocenters. The summed E-state index contributed by atoms with van der Waals surface area (Å²) < 4.78 is 0. The average molecular weight is 274 g/mol. The molecule has 1 atom stereocenters. The number of hydrogen-bond acceptors (Lipinski definition) is 2. The van der Waals surface area contributed by atoms with E-state index in [0.717, 1.165) is 19.5 Å². The van der Waals surface area contributed by atoms with Crippen LogP contribution in [0.5, 0.6) is 0 Å². The molecular formula is C16H18ClN2-. The van der Waals surface area contributed by atoms with Gasteiger partial charge >= 0.3 is 0 Å². The number of halogens is 1. The van der Waals surface area contributed by atoms with Crippen LogP contribution >= 0.6 is 0 Å². The molecule has 0 amide bonds. The van der Waals surface area contributed by atoms with E-state index >= 15 is 0 Å². The Labute approximate surface area is 120 Å². The monoisotopic (exact) mass is 273 g/mol. The summed E-state index contributed by atoms with van der Waals surface area (Å²) in [6, 6.07) is 19.7. The Morgan fingerprint density at radius 1 is 0.947 bits per heavy atom. The first-order chi connectivity index (χ1) is 8.92. The standard InChI is InChI=1S/C16H18N2.ClH/c1-2-6-13(7-3-1)10-15-12-18-16-9-5-4-8-14(16)11-17-15;/h1-9,15,17-18H,10-12H2;1H/p-1. The average Bonchev–Trinajstić information content (AvgIpc) is 2.63. The van der Waals surface area contributed by atoms with Crippen molar-refractivity contribution in [2.75, 3.05) is 11.9 Å². The smallest absolute Gasteiger partial charge is 0.0386 e. The molecule has 2 aromatic carbocycles. The molecule has 0 aromatic heterocycles. The maximum atomic E-state index is 3.62. The van der Waals surface area contributed by atoms with E-state index in [1.165, 1.54) is 16.8 Å². The van der Waals surface area contributed by atoms with Crippen LogP contribution in [0.15, 0.2) is 54.6 Å². The van der Waals surface area contributed by atoms with Gasteiger partial charge in [0, 0.05) is 24.8 Å². The molecule has 100 valence electrons. The topological polar surface area (TPSA) is 24.1 Å². The minimum atomic E-state index is 0. The van der Waals surface area contributed by atoms with E-state index in [9.17, 15) is 0 Å². The third kappa shape index (κ3) is 3.49. The number of benzene rings is 2. The molecule has 19 heavy (non-hydrogen) atoms. The van der Waals surface area contributed by atoms with Crippen molar-refractivity contribution in [2.24, 2.45) is 0 Å². The zero-order chi connectivity index (χ0) is 12.2. The van der Waals surface area contributed by atoms with E-state index in [-0.39, 0.29) is 12.4 Å². The lowest BCUT2D eigenvalue weighted by molar-refractivity contribution is -0.00000365. The van der Waals surface area contributed by atoms with E-state index < -0.39 is 0 Å². The number of fused-ring (bicyclic) bond motifs is 1. The number of nitrogens with one attached hydrogen (secondary N) is 2. The van der Waals surface area contributed by atoms with Gasteiger partial charge in [-0.2, -0.15) is 0 Å². The van der Waals surface area contributed by atoms with Crippen molar-refractivity contribution >= 4 is 5.69 Å². The van der Waals surface area contributed by atoms with Gasteiger partial charge in [-0.05, 0) is 23.6 Å². The molecule has 1 aliphatic heterocycles. The van der Waals surface area contributed by atoms with Crippen molar-refractivity contribution in [3.63, 3.8) is 0 Å². The summed E-state index contributed by atoms with van der Waals surface area (Å²) in [6.07, 6.45) is 1.07. The molecule has 3 rings (SSSR count). The minimum absolute atomic E-state index is 0. The normalized spacial score (nSPS) is 17.6. The number of anilines is 1. The summed E-state index contributed by atoms with van der Waals surface area (Å²) in [5, 5.41) is 7.16. The largest absolute Gasteiger partial charge is 1.00 e. The van der Waals surface area contributed by atoms with Crippen molar-refractivity contribution < 1.29 is 12.4 Å². The Morgan fingerprint density at radius 2 is 1.68 bits per heavy atom. The summed E-state index contributed by atoms with van der Waals surface area (Å²) in [4.78, 5) is 0. The van der Waals surface area contributed by atoms with Crippen molar-refractivity contribution in [2.45, 2.75) is 19.0 Å². The van der Waals surface area contributed by atoms with Crippen LogP contribution in [0.25, 0.3) is 0 Å². The van der Waals surface area contributed by atoms with Crippen molar-refractivity contribution in [1.29, 1.82) is 0 Å². The Morgan fingerprint density at radius 3 is 2.53 bits per heavy atom. The van der Waals surface area contributed by atoms with Crippen LogP contribution < -0.4 is 23.0 Å². The Balaban J connectivity index is 0.00000133. The number of rotatable bonds is 2. The van der Waals surface area contributed by atoms with Gasteiger partial charge in [-0.15, -0.1) is 0 Å². The fourth-order valence-corrected chi connectivity index (χ4v) is 2.45. The first kappa shape index (κ1) is 13.9. The van der Waals surface area contributed by atoms with Gasteiger partial charge in [-0.25, -0.2) is 0 Å². The molecule has 2 aromatic rings. The lowest BCUT2D eigenvalue weighted by Crippen LogP contribution is -3.00. The first-order valence-corrected chi connectivity index (χ1v) is 6.51. The highest BCUT2D eigenvalue weighted by atomic mass is 35.5. The molecule has 0 spiro atoms. The van der Waals surface area contributed by atoms with E-state index in [0.29, 0.717) is 6.04 Å². The van der Waals surface area contributed by atoms with Crippen LogP contribution in [0.4, 0.5) is 5.69 Å². The maximum Gasteiger partial charge on any atom is 0.0386 e. The van der Waals surface area contributed by atoms with Crippen LogP contribution in [0, 0.1) is 0 Å². The molecule has 0 bridgehead atoms. The van der Waals surface area contributed by atoms with Crippen molar-refractivity contribution in [3.05, 3.63) is 65.7 Å². The van der Waals surface area contributed by atoms with Gasteiger partial charge in [-0.1, -0.05) is 48.5 Å². The highest BCUT2D eigenvalue weighted by molar-refractivity contribution is 5.52. The highest BCUT2D eigenvalue weighted by Gasteiger charge is 2.14. The van der Waals surface area contributed by atoms with Gasteiger partial charge in [0.2, 0.25) is 0 Å². The Hall–Kier alpha value is -1.51. The molecule has 0 radical (unpaired) electrons. The number of hydrogen-bond donors (Lipinski definition) is 2. The quantitative estimate of drug-likeness (QED) is 0.793.